The van der Waals surface area contributed by atoms with Gasteiger partial charge >= 0.3 is 0 Å². The minimum Gasteiger partial charge on any atom is -0.393 e. The van der Waals surface area contributed by atoms with Crippen LogP contribution in [-0.4, -0.2) is 40.5 Å². The summed E-state index contributed by atoms with van der Waals surface area (Å²) in [6.07, 6.45) is 3.42. The number of aryl methyl sites for hydroxylation is 1. The molecule has 0 spiro atoms. The number of carbonyl (C=O) groups excluding carboxylic acids is 1. The van der Waals surface area contributed by atoms with Gasteiger partial charge in [-0.15, -0.1) is 0 Å². The summed E-state index contributed by atoms with van der Waals surface area (Å²) in [5.74, 6) is -0.152. The first kappa shape index (κ1) is 16.4. The number of aliphatic hydroxyl groups is 1. The van der Waals surface area contributed by atoms with Gasteiger partial charge in [0, 0.05) is 37.2 Å². The molecule has 1 N–H and O–H groups in total. The van der Waals surface area contributed by atoms with Gasteiger partial charge in [-0.25, -0.2) is 0 Å². The number of carbonyl (C=O) groups is 1. The fourth-order valence-electron chi connectivity index (χ4n) is 3.00. The first-order valence-corrected chi connectivity index (χ1v) is 7.58. The van der Waals surface area contributed by atoms with Crippen molar-refractivity contribution in [2.24, 2.45) is 5.92 Å². The Hall–Kier alpha value is -1.95. The van der Waals surface area contributed by atoms with Crippen LogP contribution in [0.25, 0.3) is 0 Å². The average Bonchev–Trinajstić information content (AvgIpc) is 2.49. The molecule has 1 aliphatic rings. The molecule has 0 saturated heterocycles. The van der Waals surface area contributed by atoms with Crippen molar-refractivity contribution in [3.8, 4) is 0 Å². The molecule has 1 aromatic carbocycles. The Bertz CT molecular complexity index is 573. The molecule has 0 bridgehead atoms. The predicted octanol–water partition coefficient (Wildman–Crippen LogP) is 2.53. The van der Waals surface area contributed by atoms with Crippen LogP contribution in [0.2, 0.25) is 0 Å². The Kier molecular flexibility index (Phi) is 5.13. The number of nitro benzene ring substituents is 1. The minimum absolute atomic E-state index is 0.0833. The van der Waals surface area contributed by atoms with Crippen molar-refractivity contribution >= 4 is 11.6 Å². The Morgan fingerprint density at radius 2 is 2.09 bits per heavy atom. The summed E-state index contributed by atoms with van der Waals surface area (Å²) < 4.78 is 0. The van der Waals surface area contributed by atoms with E-state index >= 15 is 0 Å². The minimum atomic E-state index is -0.499. The van der Waals surface area contributed by atoms with Crippen LogP contribution in [0.1, 0.15) is 41.6 Å². The molecule has 1 fully saturated rings. The zero-order valence-corrected chi connectivity index (χ0v) is 13.0. The van der Waals surface area contributed by atoms with Gasteiger partial charge in [-0.3, -0.25) is 14.9 Å². The summed E-state index contributed by atoms with van der Waals surface area (Å²) in [6.45, 7) is 2.24. The van der Waals surface area contributed by atoms with Gasteiger partial charge in [0.1, 0.15) is 0 Å². The quantitative estimate of drug-likeness (QED) is 0.684. The van der Waals surface area contributed by atoms with E-state index in [4.69, 9.17) is 0 Å². The second kappa shape index (κ2) is 6.87. The van der Waals surface area contributed by atoms with E-state index < -0.39 is 4.92 Å². The molecule has 0 aliphatic heterocycles. The number of rotatable bonds is 4. The van der Waals surface area contributed by atoms with Crippen molar-refractivity contribution in [2.75, 3.05) is 13.6 Å². The predicted molar refractivity (Wildman–Crippen MR) is 82.8 cm³/mol. The molecule has 0 radical (unpaired) electrons. The number of nitro groups is 1. The third kappa shape index (κ3) is 3.62. The van der Waals surface area contributed by atoms with Gasteiger partial charge in [-0.2, -0.15) is 0 Å². The van der Waals surface area contributed by atoms with E-state index in [1.54, 1.807) is 24.9 Å². The Morgan fingerprint density at radius 1 is 1.41 bits per heavy atom. The lowest BCUT2D eigenvalue weighted by Crippen LogP contribution is -2.38. The van der Waals surface area contributed by atoms with Crippen LogP contribution in [0.4, 0.5) is 5.69 Å². The van der Waals surface area contributed by atoms with Crippen LogP contribution in [0.5, 0.6) is 0 Å². The van der Waals surface area contributed by atoms with Crippen molar-refractivity contribution in [1.82, 2.24) is 4.90 Å². The van der Waals surface area contributed by atoms with Crippen molar-refractivity contribution < 1.29 is 14.8 Å². The number of non-ortho nitro benzene ring substituents is 1. The normalized spacial score (nSPS) is 21.4. The summed E-state index contributed by atoms with van der Waals surface area (Å²) in [6, 6.07) is 4.32. The molecular formula is C16H22N2O4. The van der Waals surface area contributed by atoms with E-state index in [1.165, 1.54) is 12.1 Å². The Labute approximate surface area is 129 Å². The molecule has 120 valence electrons. The van der Waals surface area contributed by atoms with Gasteiger partial charge in [0.15, 0.2) is 0 Å². The highest BCUT2D eigenvalue weighted by Crippen LogP contribution is 2.26. The van der Waals surface area contributed by atoms with Crippen LogP contribution >= 0.6 is 0 Å². The molecule has 1 aromatic rings. The summed E-state index contributed by atoms with van der Waals surface area (Å²) in [4.78, 5) is 24.5. The number of aliphatic hydroxyl groups excluding tert-OH is 1. The van der Waals surface area contributed by atoms with Crippen LogP contribution in [0, 0.1) is 23.0 Å². The van der Waals surface area contributed by atoms with Gasteiger partial charge in [-0.1, -0.05) is 18.9 Å². The second-order valence-corrected chi connectivity index (χ2v) is 6.05. The molecule has 2 unspecified atom stereocenters. The fraction of sp³-hybridized carbons (Fsp3) is 0.562. The molecule has 1 saturated carbocycles. The van der Waals surface area contributed by atoms with Gasteiger partial charge in [-0.05, 0) is 25.3 Å². The lowest BCUT2D eigenvalue weighted by atomic mass is 9.86. The monoisotopic (exact) mass is 306 g/mol. The topological polar surface area (TPSA) is 83.7 Å². The van der Waals surface area contributed by atoms with Crippen LogP contribution < -0.4 is 0 Å². The Balaban J connectivity index is 2.13. The van der Waals surface area contributed by atoms with E-state index in [0.29, 0.717) is 17.7 Å². The molecule has 2 atom stereocenters. The zero-order chi connectivity index (χ0) is 16.3. The lowest BCUT2D eigenvalue weighted by molar-refractivity contribution is -0.384. The molecule has 1 aliphatic carbocycles. The molecule has 0 aromatic heterocycles. The first-order chi connectivity index (χ1) is 10.4. The highest BCUT2D eigenvalue weighted by atomic mass is 16.6. The maximum absolute atomic E-state index is 12.5. The molecular weight excluding hydrogens is 284 g/mol. The van der Waals surface area contributed by atoms with Gasteiger partial charge < -0.3 is 10.0 Å². The van der Waals surface area contributed by atoms with Gasteiger partial charge in [0.25, 0.3) is 11.6 Å². The number of amides is 1. The van der Waals surface area contributed by atoms with Crippen molar-refractivity contribution in [2.45, 2.75) is 38.7 Å². The second-order valence-electron chi connectivity index (χ2n) is 6.05. The van der Waals surface area contributed by atoms with Gasteiger partial charge in [0.2, 0.25) is 0 Å². The number of benzene rings is 1. The van der Waals surface area contributed by atoms with E-state index in [1.807, 2.05) is 0 Å². The SMILES string of the molecule is Cc1ccc([N+](=O)[O-])cc1C(=O)N(C)CC1CCCCC1O. The fourth-order valence-corrected chi connectivity index (χ4v) is 3.00. The smallest absolute Gasteiger partial charge is 0.270 e. The highest BCUT2D eigenvalue weighted by Gasteiger charge is 2.26. The van der Waals surface area contributed by atoms with E-state index in [9.17, 15) is 20.0 Å². The maximum atomic E-state index is 12.5. The standard InChI is InChI=1S/C16H22N2O4/c1-11-7-8-13(18(21)22)9-14(11)16(20)17(2)10-12-5-3-4-6-15(12)19/h7-9,12,15,19H,3-6,10H2,1-2H3. The van der Waals surface area contributed by atoms with E-state index in [-0.39, 0.29) is 23.6 Å². The molecule has 1 amide bonds. The van der Waals surface area contributed by atoms with E-state index in [0.717, 1.165) is 25.7 Å². The molecule has 6 nitrogen and oxygen atoms in total. The molecule has 0 heterocycles. The molecule has 22 heavy (non-hydrogen) atoms. The summed E-state index contributed by atoms with van der Waals surface area (Å²) >= 11 is 0. The number of hydrogen-bond donors (Lipinski definition) is 1. The molecule has 2 rings (SSSR count). The summed E-state index contributed by atoms with van der Waals surface area (Å²) in [5, 5.41) is 20.9. The third-order valence-electron chi connectivity index (χ3n) is 4.39. The first-order valence-electron chi connectivity index (χ1n) is 7.58. The maximum Gasteiger partial charge on any atom is 0.270 e. The zero-order valence-electron chi connectivity index (χ0n) is 13.0. The Morgan fingerprint density at radius 3 is 2.73 bits per heavy atom. The lowest BCUT2D eigenvalue weighted by Gasteiger charge is -2.31. The van der Waals surface area contributed by atoms with Crippen molar-refractivity contribution in [1.29, 1.82) is 0 Å². The van der Waals surface area contributed by atoms with Crippen molar-refractivity contribution in [3.05, 3.63) is 39.4 Å². The van der Waals surface area contributed by atoms with Gasteiger partial charge in [0.05, 0.1) is 11.0 Å². The van der Waals surface area contributed by atoms with Crippen LogP contribution in [-0.2, 0) is 0 Å². The largest absolute Gasteiger partial charge is 0.393 e. The summed E-state index contributed by atoms with van der Waals surface area (Å²) in [5.41, 5.74) is 0.980. The average molecular weight is 306 g/mol. The number of hydrogen-bond acceptors (Lipinski definition) is 4. The van der Waals surface area contributed by atoms with E-state index in [2.05, 4.69) is 0 Å². The van der Waals surface area contributed by atoms with Crippen molar-refractivity contribution in [3.63, 3.8) is 0 Å². The van der Waals surface area contributed by atoms with Crippen LogP contribution in [0.15, 0.2) is 18.2 Å². The molecule has 6 heteroatoms. The van der Waals surface area contributed by atoms with Crippen LogP contribution in [0.3, 0.4) is 0 Å². The third-order valence-corrected chi connectivity index (χ3v) is 4.39. The summed E-state index contributed by atoms with van der Waals surface area (Å²) in [7, 11) is 1.68. The highest BCUT2D eigenvalue weighted by molar-refractivity contribution is 5.96. The number of nitrogens with zero attached hydrogens (tertiary/aromatic N) is 2.